The third-order valence-electron chi connectivity index (χ3n) is 4.09. The third kappa shape index (κ3) is 3.94. The predicted octanol–water partition coefficient (Wildman–Crippen LogP) is 4.08. The second-order valence-electron chi connectivity index (χ2n) is 5.94. The molecule has 0 saturated carbocycles. The minimum absolute atomic E-state index is 0.267. The van der Waals surface area contributed by atoms with Crippen LogP contribution in [-0.2, 0) is 6.42 Å². The topological polar surface area (TPSA) is 48.0 Å². The molecule has 0 aliphatic heterocycles. The van der Waals surface area contributed by atoms with Gasteiger partial charge in [-0.2, -0.15) is 0 Å². The first-order valence-corrected chi connectivity index (χ1v) is 8.23. The highest BCUT2D eigenvalue weighted by atomic mass is 35.5. The van der Waals surface area contributed by atoms with E-state index in [1.165, 1.54) is 10.9 Å². The lowest BCUT2D eigenvalue weighted by atomic mass is 10.1. The molecule has 0 saturated heterocycles. The molecule has 120 valence electrons. The van der Waals surface area contributed by atoms with E-state index in [0.29, 0.717) is 11.6 Å². The van der Waals surface area contributed by atoms with Gasteiger partial charge >= 0.3 is 0 Å². The van der Waals surface area contributed by atoms with E-state index in [1.54, 1.807) is 6.07 Å². The van der Waals surface area contributed by atoms with Crippen LogP contribution in [0.2, 0.25) is 5.02 Å². The van der Waals surface area contributed by atoms with Gasteiger partial charge in [0.2, 0.25) is 0 Å². The second kappa shape index (κ2) is 7.18. The summed E-state index contributed by atoms with van der Waals surface area (Å²) in [6, 6.07) is 15.9. The number of H-pyrrole nitrogens is 1. The highest BCUT2D eigenvalue weighted by Crippen LogP contribution is 2.20. The Bertz CT molecular complexity index is 784. The minimum atomic E-state index is -0.556. The Kier molecular flexibility index (Phi) is 5.01. The summed E-state index contributed by atoms with van der Waals surface area (Å²) in [5.41, 5.74) is 3.29. The van der Waals surface area contributed by atoms with Crippen LogP contribution in [0.4, 0.5) is 0 Å². The molecule has 3 rings (SSSR count). The van der Waals surface area contributed by atoms with Crippen molar-refractivity contribution in [3.63, 3.8) is 0 Å². The van der Waals surface area contributed by atoms with Crippen molar-refractivity contribution in [3.8, 4) is 0 Å². The average molecular weight is 329 g/mol. The van der Waals surface area contributed by atoms with E-state index in [4.69, 9.17) is 11.6 Å². The van der Waals surface area contributed by atoms with Crippen molar-refractivity contribution in [2.24, 2.45) is 0 Å². The Morgan fingerprint density at radius 2 is 2.00 bits per heavy atom. The number of aromatic amines is 1. The average Bonchev–Trinajstić information content (AvgIpc) is 2.96. The first kappa shape index (κ1) is 16.1. The van der Waals surface area contributed by atoms with Gasteiger partial charge in [-0.15, -0.1) is 0 Å². The second-order valence-corrected chi connectivity index (χ2v) is 6.38. The number of para-hydroxylation sites is 1. The number of aromatic nitrogens is 1. The molecule has 0 aliphatic carbocycles. The molecule has 1 heterocycles. The summed E-state index contributed by atoms with van der Waals surface area (Å²) in [4.78, 5) is 3.30. The zero-order valence-corrected chi connectivity index (χ0v) is 13.8. The summed E-state index contributed by atoms with van der Waals surface area (Å²) in [6.45, 7) is 2.64. The number of benzene rings is 2. The molecule has 3 aromatic rings. The Labute approximate surface area is 141 Å². The number of hydrogen-bond donors (Lipinski definition) is 3. The Hall–Kier alpha value is -1.81. The Balaban J connectivity index is 1.58. The lowest BCUT2D eigenvalue weighted by Crippen LogP contribution is -2.32. The molecule has 3 nitrogen and oxygen atoms in total. The van der Waals surface area contributed by atoms with Crippen molar-refractivity contribution in [1.82, 2.24) is 10.3 Å². The van der Waals surface area contributed by atoms with Gasteiger partial charge in [0.05, 0.1) is 6.10 Å². The van der Waals surface area contributed by atoms with Crippen LogP contribution in [-0.4, -0.2) is 22.7 Å². The molecule has 0 spiro atoms. The molecule has 0 radical (unpaired) electrons. The molecular formula is C19H21ClN2O. The smallest absolute Gasteiger partial charge is 0.0914 e. The van der Waals surface area contributed by atoms with Crippen molar-refractivity contribution >= 4 is 22.5 Å². The standard InChI is InChI=1S/C19H21ClN2O/c1-13(9-15-11-22-18-8-3-2-7-17(15)18)21-12-19(23)14-5-4-6-16(20)10-14/h2-8,10-11,13,19,21-23H,9,12H2,1H3/t13-,19-/m1/s1. The summed E-state index contributed by atoms with van der Waals surface area (Å²) < 4.78 is 0. The van der Waals surface area contributed by atoms with E-state index >= 15 is 0 Å². The van der Waals surface area contributed by atoms with Crippen molar-refractivity contribution in [2.75, 3.05) is 6.54 Å². The van der Waals surface area contributed by atoms with E-state index in [-0.39, 0.29) is 6.04 Å². The highest BCUT2D eigenvalue weighted by Gasteiger charge is 2.12. The molecule has 0 amide bonds. The highest BCUT2D eigenvalue weighted by molar-refractivity contribution is 6.30. The summed E-state index contributed by atoms with van der Waals surface area (Å²) in [6.07, 6.45) is 2.42. The fourth-order valence-corrected chi connectivity index (χ4v) is 3.05. The van der Waals surface area contributed by atoms with Crippen molar-refractivity contribution in [1.29, 1.82) is 0 Å². The van der Waals surface area contributed by atoms with Gasteiger partial charge < -0.3 is 15.4 Å². The molecule has 23 heavy (non-hydrogen) atoms. The van der Waals surface area contributed by atoms with Gasteiger partial charge in [-0.05, 0) is 42.7 Å². The summed E-state index contributed by atoms with van der Waals surface area (Å²) >= 11 is 5.97. The lowest BCUT2D eigenvalue weighted by Gasteiger charge is -2.17. The maximum absolute atomic E-state index is 10.3. The lowest BCUT2D eigenvalue weighted by molar-refractivity contribution is 0.170. The van der Waals surface area contributed by atoms with Gasteiger partial charge in [0, 0.05) is 34.7 Å². The van der Waals surface area contributed by atoms with E-state index in [2.05, 4.69) is 41.6 Å². The molecule has 3 N–H and O–H groups in total. The molecular weight excluding hydrogens is 308 g/mol. The zero-order valence-electron chi connectivity index (χ0n) is 13.1. The van der Waals surface area contributed by atoms with Gasteiger partial charge in [-0.3, -0.25) is 0 Å². The maximum Gasteiger partial charge on any atom is 0.0914 e. The molecule has 0 aliphatic rings. The van der Waals surface area contributed by atoms with Crippen molar-refractivity contribution in [3.05, 3.63) is 70.9 Å². The summed E-state index contributed by atoms with van der Waals surface area (Å²) in [5.74, 6) is 0. The van der Waals surface area contributed by atoms with Crippen LogP contribution < -0.4 is 5.32 Å². The number of aliphatic hydroxyl groups excluding tert-OH is 1. The molecule has 2 aromatic carbocycles. The number of hydrogen-bond acceptors (Lipinski definition) is 2. The third-order valence-corrected chi connectivity index (χ3v) is 4.33. The number of halogens is 1. The molecule has 0 unspecified atom stereocenters. The van der Waals surface area contributed by atoms with E-state index < -0.39 is 6.10 Å². The molecule has 0 bridgehead atoms. The van der Waals surface area contributed by atoms with Crippen LogP contribution >= 0.6 is 11.6 Å². The number of aliphatic hydroxyl groups is 1. The SMILES string of the molecule is C[C@H](Cc1c[nH]c2ccccc12)NC[C@@H](O)c1cccc(Cl)c1. The monoisotopic (exact) mass is 328 g/mol. The number of rotatable bonds is 6. The largest absolute Gasteiger partial charge is 0.387 e. The van der Waals surface area contributed by atoms with Crippen LogP contribution in [0.3, 0.4) is 0 Å². The maximum atomic E-state index is 10.3. The molecule has 2 atom stereocenters. The van der Waals surface area contributed by atoms with Crippen LogP contribution in [0, 0.1) is 0 Å². The summed E-state index contributed by atoms with van der Waals surface area (Å²) in [7, 11) is 0. The predicted molar refractivity (Wildman–Crippen MR) is 95.9 cm³/mol. The zero-order chi connectivity index (χ0) is 16.2. The van der Waals surface area contributed by atoms with Crippen molar-refractivity contribution < 1.29 is 5.11 Å². The van der Waals surface area contributed by atoms with E-state index in [1.807, 2.05) is 24.3 Å². The quantitative estimate of drug-likeness (QED) is 0.638. The molecule has 4 heteroatoms. The first-order chi connectivity index (χ1) is 11.1. The van der Waals surface area contributed by atoms with Gasteiger partial charge in [0.1, 0.15) is 0 Å². The van der Waals surface area contributed by atoms with Crippen LogP contribution in [0.1, 0.15) is 24.2 Å². The molecule has 1 aromatic heterocycles. The molecule has 0 fully saturated rings. The normalized spacial score (nSPS) is 14.0. The number of nitrogens with one attached hydrogen (secondary N) is 2. The van der Waals surface area contributed by atoms with E-state index in [0.717, 1.165) is 17.5 Å². The van der Waals surface area contributed by atoms with Crippen molar-refractivity contribution in [2.45, 2.75) is 25.5 Å². The van der Waals surface area contributed by atoms with Gasteiger partial charge in [-0.25, -0.2) is 0 Å². The van der Waals surface area contributed by atoms with E-state index in [9.17, 15) is 5.11 Å². The Morgan fingerprint density at radius 1 is 1.17 bits per heavy atom. The Morgan fingerprint density at radius 3 is 2.83 bits per heavy atom. The van der Waals surface area contributed by atoms with Gasteiger partial charge in [-0.1, -0.05) is 41.9 Å². The first-order valence-electron chi connectivity index (χ1n) is 7.85. The van der Waals surface area contributed by atoms with Crippen LogP contribution in [0.25, 0.3) is 10.9 Å². The van der Waals surface area contributed by atoms with Gasteiger partial charge in [0.25, 0.3) is 0 Å². The minimum Gasteiger partial charge on any atom is -0.387 e. The van der Waals surface area contributed by atoms with Crippen LogP contribution in [0.5, 0.6) is 0 Å². The fraction of sp³-hybridized carbons (Fsp3) is 0.263. The van der Waals surface area contributed by atoms with Gasteiger partial charge in [0.15, 0.2) is 0 Å². The summed E-state index contributed by atoms with van der Waals surface area (Å²) in [5, 5.41) is 15.6. The fourth-order valence-electron chi connectivity index (χ4n) is 2.85. The van der Waals surface area contributed by atoms with Crippen LogP contribution in [0.15, 0.2) is 54.7 Å². The number of fused-ring (bicyclic) bond motifs is 1.